The van der Waals surface area contributed by atoms with Crippen molar-refractivity contribution in [2.24, 2.45) is 5.92 Å². The van der Waals surface area contributed by atoms with E-state index in [1.54, 1.807) is 0 Å². The maximum absolute atomic E-state index is 6.28. The minimum atomic E-state index is 0.688. The van der Waals surface area contributed by atoms with Crippen LogP contribution in [0.1, 0.15) is 32.1 Å². The molecule has 3 atom stereocenters. The summed E-state index contributed by atoms with van der Waals surface area (Å²) < 4.78 is 7.56. The zero-order valence-corrected chi connectivity index (χ0v) is 14.1. The Hall–Kier alpha value is -1.61. The maximum atomic E-state index is 6.28. The number of ether oxygens (including phenoxy) is 1. The second-order valence-electron chi connectivity index (χ2n) is 7.53. The first-order valence-electron chi connectivity index (χ1n) is 9.07. The van der Waals surface area contributed by atoms with E-state index < -0.39 is 0 Å². The largest absolute Gasteiger partial charge is 0.491 e. The Morgan fingerprint density at radius 2 is 1.96 bits per heavy atom. The van der Waals surface area contributed by atoms with Crippen molar-refractivity contribution in [2.45, 2.75) is 38.1 Å². The van der Waals surface area contributed by atoms with Crippen LogP contribution >= 0.6 is 0 Å². The number of hydrogen-bond donors (Lipinski definition) is 0. The average molecular weight is 311 g/mol. The van der Waals surface area contributed by atoms with Gasteiger partial charge in [-0.1, -0.05) is 18.2 Å². The number of pyridine rings is 1. The molecule has 4 rings (SSSR count). The third-order valence-corrected chi connectivity index (χ3v) is 6.06. The maximum Gasteiger partial charge on any atom is 0.145 e. The van der Waals surface area contributed by atoms with E-state index in [1.165, 1.54) is 49.7 Å². The number of quaternary nitrogens is 1. The third-order valence-electron chi connectivity index (χ3n) is 6.06. The van der Waals surface area contributed by atoms with Crippen molar-refractivity contribution < 1.29 is 9.22 Å². The first kappa shape index (κ1) is 14.9. The average Bonchev–Trinajstić information content (AvgIpc) is 2.59. The van der Waals surface area contributed by atoms with Crippen LogP contribution in [0.3, 0.4) is 0 Å². The van der Waals surface area contributed by atoms with E-state index in [1.807, 2.05) is 12.3 Å². The van der Waals surface area contributed by atoms with Gasteiger partial charge in [0.25, 0.3) is 0 Å². The molecule has 0 unspecified atom stereocenters. The summed E-state index contributed by atoms with van der Waals surface area (Å²) in [5.41, 5.74) is 0.992. The highest BCUT2D eigenvalue weighted by Gasteiger charge is 2.43. The second kappa shape index (κ2) is 6.12. The van der Waals surface area contributed by atoms with Gasteiger partial charge in [0.2, 0.25) is 0 Å². The fourth-order valence-corrected chi connectivity index (χ4v) is 4.82. The molecular weight excluding hydrogens is 284 g/mol. The number of rotatable bonds is 3. The van der Waals surface area contributed by atoms with E-state index in [2.05, 4.69) is 36.3 Å². The number of para-hydroxylation sites is 1. The summed E-state index contributed by atoms with van der Waals surface area (Å²) in [5.74, 6) is 1.63. The summed E-state index contributed by atoms with van der Waals surface area (Å²) in [5, 5.41) is 1.16. The molecule has 0 N–H and O–H groups in total. The van der Waals surface area contributed by atoms with Gasteiger partial charge in [-0.15, -0.1) is 0 Å². The molecule has 0 bridgehead atoms. The minimum absolute atomic E-state index is 0.688. The second-order valence-corrected chi connectivity index (χ2v) is 7.53. The van der Waals surface area contributed by atoms with E-state index in [4.69, 9.17) is 4.74 Å². The first-order chi connectivity index (χ1) is 11.3. The van der Waals surface area contributed by atoms with Crippen LogP contribution in [-0.4, -0.2) is 42.3 Å². The standard InChI is InChI=1S/C20H27N2O/c1-22-13-3-2-10-18(22)17(9-6-14-22)15-23-19-11-4-7-16-8-5-12-21-20(16)19/h4-5,7-8,11-12,17-18H,2-3,6,9-10,13-15H2,1H3/q+1/t17-,18-,22+/m0/s1. The molecule has 0 aliphatic carbocycles. The molecule has 2 aromatic rings. The van der Waals surface area contributed by atoms with E-state index >= 15 is 0 Å². The number of piperidine rings is 2. The van der Waals surface area contributed by atoms with Gasteiger partial charge in [-0.3, -0.25) is 4.98 Å². The fraction of sp³-hybridized carbons (Fsp3) is 0.550. The van der Waals surface area contributed by atoms with E-state index in [0.29, 0.717) is 5.92 Å². The molecule has 0 spiro atoms. The Morgan fingerprint density at radius 1 is 1.09 bits per heavy atom. The minimum Gasteiger partial charge on any atom is -0.491 e. The quantitative estimate of drug-likeness (QED) is 0.799. The van der Waals surface area contributed by atoms with Crippen molar-refractivity contribution in [1.29, 1.82) is 0 Å². The summed E-state index contributed by atoms with van der Waals surface area (Å²) in [6.45, 7) is 3.56. The van der Waals surface area contributed by atoms with Gasteiger partial charge in [0.05, 0.1) is 32.8 Å². The van der Waals surface area contributed by atoms with Crippen molar-refractivity contribution in [2.75, 3.05) is 26.7 Å². The highest BCUT2D eigenvalue weighted by Crippen LogP contribution is 2.36. The van der Waals surface area contributed by atoms with Gasteiger partial charge in [0.1, 0.15) is 11.3 Å². The predicted molar refractivity (Wildman–Crippen MR) is 93.5 cm³/mol. The summed E-state index contributed by atoms with van der Waals surface area (Å²) in [6.07, 6.45) is 8.67. The highest BCUT2D eigenvalue weighted by atomic mass is 16.5. The Labute approximate surface area is 138 Å². The van der Waals surface area contributed by atoms with Gasteiger partial charge < -0.3 is 9.22 Å². The Bertz CT molecular complexity index is 677. The molecule has 3 heteroatoms. The molecule has 2 aliphatic heterocycles. The molecule has 0 amide bonds. The molecule has 23 heavy (non-hydrogen) atoms. The molecule has 2 fully saturated rings. The predicted octanol–water partition coefficient (Wildman–Crippen LogP) is 4.02. The van der Waals surface area contributed by atoms with E-state index in [0.717, 1.165) is 29.3 Å². The molecule has 1 aromatic carbocycles. The van der Waals surface area contributed by atoms with Crippen LogP contribution in [0, 0.1) is 5.92 Å². The van der Waals surface area contributed by atoms with Gasteiger partial charge in [-0.25, -0.2) is 0 Å². The monoisotopic (exact) mass is 311 g/mol. The van der Waals surface area contributed by atoms with Crippen LogP contribution < -0.4 is 4.74 Å². The molecular formula is C20H27N2O+. The Balaban J connectivity index is 1.51. The molecule has 1 aromatic heterocycles. The lowest BCUT2D eigenvalue weighted by molar-refractivity contribution is -0.947. The van der Waals surface area contributed by atoms with Crippen molar-refractivity contribution in [3.05, 3.63) is 36.5 Å². The van der Waals surface area contributed by atoms with Crippen molar-refractivity contribution in [1.82, 2.24) is 4.98 Å². The zero-order valence-electron chi connectivity index (χ0n) is 14.1. The van der Waals surface area contributed by atoms with Gasteiger partial charge in [-0.2, -0.15) is 0 Å². The molecule has 2 aliphatic rings. The van der Waals surface area contributed by atoms with Crippen molar-refractivity contribution >= 4 is 10.9 Å². The third kappa shape index (κ3) is 2.83. The number of fused-ring (bicyclic) bond motifs is 2. The van der Waals surface area contributed by atoms with E-state index in [-0.39, 0.29) is 0 Å². The Morgan fingerprint density at radius 3 is 2.91 bits per heavy atom. The fourth-order valence-electron chi connectivity index (χ4n) is 4.82. The molecule has 122 valence electrons. The van der Waals surface area contributed by atoms with E-state index in [9.17, 15) is 0 Å². The lowest BCUT2D eigenvalue weighted by Crippen LogP contribution is -2.61. The van der Waals surface area contributed by atoms with Crippen LogP contribution in [-0.2, 0) is 0 Å². The molecule has 0 radical (unpaired) electrons. The molecule has 2 saturated heterocycles. The van der Waals surface area contributed by atoms with Crippen LogP contribution in [0.15, 0.2) is 36.5 Å². The highest BCUT2D eigenvalue weighted by molar-refractivity contribution is 5.84. The van der Waals surface area contributed by atoms with Gasteiger partial charge in [-0.05, 0) is 37.8 Å². The first-order valence-corrected chi connectivity index (χ1v) is 9.07. The number of aromatic nitrogens is 1. The lowest BCUT2D eigenvalue weighted by atomic mass is 9.82. The van der Waals surface area contributed by atoms with Crippen LogP contribution in [0.2, 0.25) is 0 Å². The van der Waals surface area contributed by atoms with Crippen LogP contribution in [0.5, 0.6) is 5.75 Å². The Kier molecular flexibility index (Phi) is 3.98. The molecule has 0 saturated carbocycles. The number of hydrogen-bond acceptors (Lipinski definition) is 2. The summed E-state index contributed by atoms with van der Waals surface area (Å²) in [7, 11) is 2.47. The van der Waals surface area contributed by atoms with Crippen molar-refractivity contribution in [3.63, 3.8) is 0 Å². The van der Waals surface area contributed by atoms with Gasteiger partial charge in [0.15, 0.2) is 0 Å². The number of benzene rings is 1. The smallest absolute Gasteiger partial charge is 0.145 e. The summed E-state index contributed by atoms with van der Waals surface area (Å²) >= 11 is 0. The van der Waals surface area contributed by atoms with Crippen LogP contribution in [0.25, 0.3) is 10.9 Å². The number of nitrogens with zero attached hydrogens (tertiary/aromatic N) is 2. The molecule has 3 nitrogen and oxygen atoms in total. The SMILES string of the molecule is C[N@+]12CCCC[C@H]1[C@H](COc1cccc3cccnc13)CCC2. The van der Waals surface area contributed by atoms with Crippen LogP contribution in [0.4, 0.5) is 0 Å². The lowest BCUT2D eigenvalue weighted by Gasteiger charge is -2.51. The summed E-state index contributed by atoms with van der Waals surface area (Å²) in [4.78, 5) is 4.51. The van der Waals surface area contributed by atoms with Crippen molar-refractivity contribution in [3.8, 4) is 5.75 Å². The zero-order chi connectivity index (χ0) is 15.7. The normalized spacial score (nSPS) is 30.8. The summed E-state index contributed by atoms with van der Waals surface area (Å²) in [6, 6.07) is 11.1. The van der Waals surface area contributed by atoms with Gasteiger partial charge in [0, 0.05) is 23.9 Å². The molecule has 3 heterocycles. The van der Waals surface area contributed by atoms with Gasteiger partial charge >= 0.3 is 0 Å². The topological polar surface area (TPSA) is 22.1 Å².